The number of fused-ring (bicyclic) bond motifs is 1. The first-order valence-electron chi connectivity index (χ1n) is 7.07. The van der Waals surface area contributed by atoms with E-state index in [1.165, 1.54) is 0 Å². The van der Waals surface area contributed by atoms with Gasteiger partial charge in [0.25, 0.3) is 0 Å². The summed E-state index contributed by atoms with van der Waals surface area (Å²) in [7, 11) is 0. The van der Waals surface area contributed by atoms with Gasteiger partial charge in [-0.3, -0.25) is 4.79 Å². The molecule has 0 spiro atoms. The van der Waals surface area contributed by atoms with Gasteiger partial charge in [-0.25, -0.2) is 0 Å². The van der Waals surface area contributed by atoms with Gasteiger partial charge in [0.05, 0.1) is 17.2 Å². The van der Waals surface area contributed by atoms with Crippen LogP contribution in [-0.4, -0.2) is 18.6 Å². The Hall–Kier alpha value is -1.10. The second-order valence-electron chi connectivity index (χ2n) is 5.56. The van der Waals surface area contributed by atoms with Crippen molar-refractivity contribution in [1.29, 1.82) is 0 Å². The summed E-state index contributed by atoms with van der Waals surface area (Å²) in [4.78, 5) is 11.5. The molecule has 0 radical (unpaired) electrons. The van der Waals surface area contributed by atoms with Gasteiger partial charge in [-0.05, 0) is 42.9 Å². The molecular weight excluding hydrogens is 276 g/mol. The van der Waals surface area contributed by atoms with Crippen LogP contribution >= 0.6 is 11.6 Å². The van der Waals surface area contributed by atoms with E-state index in [-0.39, 0.29) is 18.1 Å². The number of rotatable bonds is 2. The van der Waals surface area contributed by atoms with Gasteiger partial charge >= 0.3 is 0 Å². The lowest BCUT2D eigenvalue weighted by Crippen LogP contribution is -2.27. The number of carbonyl (C=O) groups excluding carboxylic acids is 1. The third kappa shape index (κ3) is 2.32. The van der Waals surface area contributed by atoms with Crippen LogP contribution in [0.3, 0.4) is 0 Å². The average molecular weight is 295 g/mol. The molecule has 1 saturated heterocycles. The van der Waals surface area contributed by atoms with Crippen LogP contribution in [0.4, 0.5) is 5.69 Å². The van der Waals surface area contributed by atoms with E-state index in [1.54, 1.807) is 0 Å². The highest BCUT2D eigenvalue weighted by Crippen LogP contribution is 2.38. The van der Waals surface area contributed by atoms with Crippen LogP contribution in [-0.2, 0) is 16.0 Å². The smallest absolute Gasteiger partial charge is 0.224 e. The molecule has 2 unspecified atom stereocenters. The monoisotopic (exact) mass is 294 g/mol. The highest BCUT2D eigenvalue weighted by Gasteiger charge is 2.28. The molecule has 0 saturated carbocycles. The number of hydrogen-bond donors (Lipinski definition) is 2. The largest absolute Gasteiger partial charge is 0.376 e. The molecule has 5 heteroatoms. The molecule has 2 aliphatic heterocycles. The zero-order chi connectivity index (χ0) is 14.3. The maximum Gasteiger partial charge on any atom is 0.224 e. The van der Waals surface area contributed by atoms with E-state index in [9.17, 15) is 4.79 Å². The Labute approximate surface area is 123 Å². The van der Waals surface area contributed by atoms with Gasteiger partial charge in [0.2, 0.25) is 5.91 Å². The number of hydrogen-bond acceptors (Lipinski definition) is 3. The van der Waals surface area contributed by atoms with Gasteiger partial charge in [0.1, 0.15) is 0 Å². The van der Waals surface area contributed by atoms with Gasteiger partial charge < -0.3 is 15.8 Å². The third-order valence-electron chi connectivity index (χ3n) is 4.22. The molecule has 1 aromatic carbocycles. The van der Waals surface area contributed by atoms with Crippen LogP contribution in [0.25, 0.3) is 0 Å². The number of nitrogens with two attached hydrogens (primary N) is 1. The first-order valence-corrected chi connectivity index (χ1v) is 7.44. The van der Waals surface area contributed by atoms with Crippen LogP contribution in [0.1, 0.15) is 42.0 Å². The van der Waals surface area contributed by atoms with E-state index in [2.05, 4.69) is 5.32 Å². The standard InChI is InChI=1S/C15H19ClN2O2/c1-8-13(16)10(14(17)11-3-2-6-20-11)7-9-4-5-12(19)18-15(8)9/h7,11,14H,2-6,17H2,1H3,(H,18,19). The number of carbonyl (C=O) groups is 1. The molecule has 0 aliphatic carbocycles. The highest BCUT2D eigenvalue weighted by atomic mass is 35.5. The molecule has 20 heavy (non-hydrogen) atoms. The Morgan fingerprint density at radius 1 is 1.50 bits per heavy atom. The minimum Gasteiger partial charge on any atom is -0.376 e. The number of halogens is 1. The normalized spacial score (nSPS) is 23.4. The van der Waals surface area contributed by atoms with Gasteiger partial charge in [-0.1, -0.05) is 17.7 Å². The van der Waals surface area contributed by atoms with Crippen molar-refractivity contribution in [2.45, 2.75) is 44.8 Å². The van der Waals surface area contributed by atoms with Gasteiger partial charge in [0, 0.05) is 18.7 Å². The molecular formula is C15H19ClN2O2. The zero-order valence-electron chi connectivity index (χ0n) is 11.5. The summed E-state index contributed by atoms with van der Waals surface area (Å²) in [5.41, 5.74) is 10.1. The van der Waals surface area contributed by atoms with E-state index in [4.69, 9.17) is 22.1 Å². The molecule has 1 amide bonds. The van der Waals surface area contributed by atoms with Crippen LogP contribution in [0.5, 0.6) is 0 Å². The maximum atomic E-state index is 11.5. The first kappa shape index (κ1) is 13.9. The summed E-state index contributed by atoms with van der Waals surface area (Å²) >= 11 is 6.46. The molecule has 2 aliphatic rings. The molecule has 2 atom stereocenters. The molecule has 3 rings (SSSR count). The number of ether oxygens (including phenoxy) is 1. The number of benzene rings is 1. The fraction of sp³-hybridized carbons (Fsp3) is 0.533. The molecule has 1 fully saturated rings. The lowest BCUT2D eigenvalue weighted by molar-refractivity contribution is -0.116. The number of nitrogens with one attached hydrogen (secondary N) is 1. The molecule has 4 nitrogen and oxygen atoms in total. The first-order chi connectivity index (χ1) is 9.58. The average Bonchev–Trinajstić information content (AvgIpc) is 2.97. The van der Waals surface area contributed by atoms with Gasteiger partial charge in [-0.15, -0.1) is 0 Å². The van der Waals surface area contributed by atoms with Crippen molar-refractivity contribution in [1.82, 2.24) is 0 Å². The Bertz CT molecular complexity index is 553. The van der Waals surface area contributed by atoms with Crippen molar-refractivity contribution >= 4 is 23.2 Å². The molecule has 0 bridgehead atoms. The lowest BCUT2D eigenvalue weighted by atomic mass is 9.91. The molecule has 1 aromatic rings. The van der Waals surface area contributed by atoms with Crippen LogP contribution in [0.2, 0.25) is 5.02 Å². The van der Waals surface area contributed by atoms with Crippen LogP contribution < -0.4 is 11.1 Å². The van der Waals surface area contributed by atoms with Crippen molar-refractivity contribution < 1.29 is 9.53 Å². The Morgan fingerprint density at radius 2 is 2.30 bits per heavy atom. The van der Waals surface area contributed by atoms with E-state index in [0.29, 0.717) is 11.4 Å². The minimum absolute atomic E-state index is 0.0446. The fourth-order valence-corrected chi connectivity index (χ4v) is 3.32. The number of aryl methyl sites for hydroxylation is 1. The van der Waals surface area contributed by atoms with Crippen molar-refractivity contribution in [3.8, 4) is 0 Å². The quantitative estimate of drug-likeness (QED) is 0.881. The van der Waals surface area contributed by atoms with E-state index in [0.717, 1.165) is 48.2 Å². The van der Waals surface area contributed by atoms with E-state index >= 15 is 0 Å². The second-order valence-corrected chi connectivity index (χ2v) is 5.94. The van der Waals surface area contributed by atoms with Crippen molar-refractivity contribution in [2.24, 2.45) is 5.73 Å². The van der Waals surface area contributed by atoms with Crippen LogP contribution in [0.15, 0.2) is 6.07 Å². The maximum absolute atomic E-state index is 11.5. The summed E-state index contributed by atoms with van der Waals surface area (Å²) in [5.74, 6) is 0.0489. The minimum atomic E-state index is -0.202. The van der Waals surface area contributed by atoms with E-state index < -0.39 is 0 Å². The number of anilines is 1. The SMILES string of the molecule is Cc1c(Cl)c(C(N)C2CCCO2)cc2c1NC(=O)CC2. The zero-order valence-corrected chi connectivity index (χ0v) is 12.3. The summed E-state index contributed by atoms with van der Waals surface area (Å²) in [6.07, 6.45) is 3.33. The third-order valence-corrected chi connectivity index (χ3v) is 4.72. The molecule has 0 aromatic heterocycles. The Morgan fingerprint density at radius 3 is 3.00 bits per heavy atom. The van der Waals surface area contributed by atoms with Gasteiger partial charge in [-0.2, -0.15) is 0 Å². The topological polar surface area (TPSA) is 64.3 Å². The van der Waals surface area contributed by atoms with Crippen molar-refractivity contribution in [3.05, 3.63) is 27.8 Å². The Balaban J connectivity index is 1.99. The number of amides is 1. The lowest BCUT2D eigenvalue weighted by Gasteiger charge is -2.26. The fourth-order valence-electron chi connectivity index (χ4n) is 3.04. The predicted octanol–water partition coefficient (Wildman–Crippen LogP) is 2.71. The molecule has 3 N–H and O–H groups in total. The van der Waals surface area contributed by atoms with E-state index in [1.807, 2.05) is 13.0 Å². The molecule has 108 valence electrons. The summed E-state index contributed by atoms with van der Waals surface area (Å²) in [6, 6.07) is 1.84. The second kappa shape index (κ2) is 5.35. The summed E-state index contributed by atoms with van der Waals surface area (Å²) in [6.45, 7) is 2.70. The van der Waals surface area contributed by atoms with Gasteiger partial charge in [0.15, 0.2) is 0 Å². The molecule has 2 heterocycles. The van der Waals surface area contributed by atoms with Crippen LogP contribution in [0, 0.1) is 6.92 Å². The Kier molecular flexibility index (Phi) is 3.71. The summed E-state index contributed by atoms with van der Waals surface area (Å²) in [5, 5.41) is 3.56. The van der Waals surface area contributed by atoms with Crippen molar-refractivity contribution in [3.63, 3.8) is 0 Å². The summed E-state index contributed by atoms with van der Waals surface area (Å²) < 4.78 is 5.67. The van der Waals surface area contributed by atoms with Crippen molar-refractivity contribution in [2.75, 3.05) is 11.9 Å². The highest BCUT2D eigenvalue weighted by molar-refractivity contribution is 6.32. The predicted molar refractivity (Wildman–Crippen MR) is 79.0 cm³/mol.